The van der Waals surface area contributed by atoms with Gasteiger partial charge in [-0.1, -0.05) is 43.7 Å². The highest BCUT2D eigenvalue weighted by Gasteiger charge is 2.23. The van der Waals surface area contributed by atoms with E-state index in [4.69, 9.17) is 9.47 Å². The lowest BCUT2D eigenvalue weighted by Gasteiger charge is -2.28. The second-order valence-corrected chi connectivity index (χ2v) is 7.86. The minimum absolute atomic E-state index is 0.0893. The van der Waals surface area contributed by atoms with Crippen LogP contribution in [0.2, 0.25) is 0 Å². The number of carbonyl (C=O) groups excluding carboxylic acids is 1. The third-order valence-electron chi connectivity index (χ3n) is 5.12. The number of ether oxygens (including phenoxy) is 2. The molecule has 0 spiro atoms. The zero-order chi connectivity index (χ0) is 20.3. The van der Waals surface area contributed by atoms with Crippen LogP contribution in [-0.4, -0.2) is 31.2 Å². The molecule has 28 heavy (non-hydrogen) atoms. The number of aryl methyl sites for hydroxylation is 2. The van der Waals surface area contributed by atoms with E-state index in [1.165, 1.54) is 11.1 Å². The molecule has 2 aromatic carbocycles. The molecule has 0 aromatic heterocycles. The smallest absolute Gasteiger partial charge is 0.317 e. The van der Waals surface area contributed by atoms with E-state index in [1.807, 2.05) is 25.2 Å². The van der Waals surface area contributed by atoms with E-state index in [0.717, 1.165) is 22.6 Å². The van der Waals surface area contributed by atoms with Gasteiger partial charge < -0.3 is 19.7 Å². The van der Waals surface area contributed by atoms with Gasteiger partial charge in [0.25, 0.3) is 0 Å². The van der Waals surface area contributed by atoms with Crippen molar-refractivity contribution in [3.63, 3.8) is 0 Å². The number of hydrogen-bond donors (Lipinski definition) is 1. The Bertz CT molecular complexity index is 848. The first-order valence-corrected chi connectivity index (χ1v) is 9.82. The Kier molecular flexibility index (Phi) is 6.12. The Balaban J connectivity index is 1.72. The number of benzene rings is 2. The van der Waals surface area contributed by atoms with Crippen LogP contribution in [0.5, 0.6) is 11.5 Å². The molecule has 1 N–H and O–H groups in total. The molecule has 5 heteroatoms. The minimum atomic E-state index is -0.107. The summed E-state index contributed by atoms with van der Waals surface area (Å²) in [5.74, 6) is 1.74. The van der Waals surface area contributed by atoms with Gasteiger partial charge in [-0.2, -0.15) is 0 Å². The summed E-state index contributed by atoms with van der Waals surface area (Å²) in [6, 6.07) is 12.0. The number of amides is 2. The fourth-order valence-corrected chi connectivity index (χ4v) is 3.48. The highest BCUT2D eigenvalue weighted by Crippen LogP contribution is 2.34. The van der Waals surface area contributed by atoms with Crippen molar-refractivity contribution in [3.8, 4) is 11.5 Å². The van der Waals surface area contributed by atoms with Crippen LogP contribution in [0, 0.1) is 19.8 Å². The van der Waals surface area contributed by atoms with Gasteiger partial charge in [-0.25, -0.2) is 4.79 Å². The first-order valence-electron chi connectivity index (χ1n) is 9.82. The van der Waals surface area contributed by atoms with E-state index in [9.17, 15) is 4.79 Å². The number of urea groups is 1. The van der Waals surface area contributed by atoms with Crippen LogP contribution in [-0.2, 0) is 6.54 Å². The van der Waals surface area contributed by atoms with Gasteiger partial charge in [-0.3, -0.25) is 0 Å². The number of fused-ring (bicyclic) bond motifs is 1. The van der Waals surface area contributed by atoms with Crippen molar-refractivity contribution in [3.05, 3.63) is 58.7 Å². The average Bonchev–Trinajstić information content (AvgIpc) is 2.67. The van der Waals surface area contributed by atoms with Crippen molar-refractivity contribution in [2.24, 2.45) is 5.92 Å². The molecule has 0 saturated carbocycles. The Morgan fingerprint density at radius 1 is 1.07 bits per heavy atom. The van der Waals surface area contributed by atoms with Gasteiger partial charge in [-0.15, -0.1) is 0 Å². The zero-order valence-corrected chi connectivity index (χ0v) is 17.4. The van der Waals surface area contributed by atoms with Crippen LogP contribution in [0.15, 0.2) is 36.4 Å². The fourth-order valence-electron chi connectivity index (χ4n) is 3.48. The highest BCUT2D eigenvalue weighted by atomic mass is 16.6. The topological polar surface area (TPSA) is 50.8 Å². The molecule has 1 aliphatic rings. The van der Waals surface area contributed by atoms with E-state index in [1.54, 1.807) is 4.90 Å². The Morgan fingerprint density at radius 3 is 2.46 bits per heavy atom. The second kappa shape index (κ2) is 8.55. The molecule has 0 saturated heterocycles. The third kappa shape index (κ3) is 4.58. The van der Waals surface area contributed by atoms with E-state index in [0.29, 0.717) is 19.8 Å². The van der Waals surface area contributed by atoms with Crippen LogP contribution in [0.3, 0.4) is 0 Å². The number of nitrogens with zero attached hydrogens (tertiary/aromatic N) is 1. The number of carbonyl (C=O) groups is 1. The zero-order valence-electron chi connectivity index (χ0n) is 17.4. The molecule has 2 amide bonds. The van der Waals surface area contributed by atoms with Crippen LogP contribution in [0.25, 0.3) is 0 Å². The van der Waals surface area contributed by atoms with Crippen molar-refractivity contribution in [2.75, 3.05) is 20.3 Å². The van der Waals surface area contributed by atoms with Gasteiger partial charge in [0.2, 0.25) is 0 Å². The van der Waals surface area contributed by atoms with Crippen molar-refractivity contribution in [2.45, 2.75) is 40.3 Å². The molecule has 0 fully saturated rings. The maximum absolute atomic E-state index is 12.9. The lowest BCUT2D eigenvalue weighted by atomic mass is 9.95. The number of hydrogen-bond acceptors (Lipinski definition) is 3. The maximum Gasteiger partial charge on any atom is 0.317 e. The van der Waals surface area contributed by atoms with Crippen molar-refractivity contribution in [1.82, 2.24) is 10.2 Å². The van der Waals surface area contributed by atoms with Gasteiger partial charge in [-0.05, 0) is 48.6 Å². The van der Waals surface area contributed by atoms with Crippen LogP contribution in [0.1, 0.15) is 42.1 Å². The molecular formula is C23H30N2O3. The molecule has 150 valence electrons. The summed E-state index contributed by atoms with van der Waals surface area (Å²) in [4.78, 5) is 14.6. The van der Waals surface area contributed by atoms with E-state index < -0.39 is 0 Å². The fraction of sp³-hybridized carbons (Fsp3) is 0.435. The van der Waals surface area contributed by atoms with E-state index in [2.05, 4.69) is 51.2 Å². The van der Waals surface area contributed by atoms with Crippen molar-refractivity contribution in [1.29, 1.82) is 0 Å². The van der Waals surface area contributed by atoms with E-state index >= 15 is 0 Å². The minimum Gasteiger partial charge on any atom is -0.486 e. The number of nitrogens with one attached hydrogen (secondary N) is 1. The molecule has 0 radical (unpaired) electrons. The lowest BCUT2D eigenvalue weighted by Crippen LogP contribution is -2.40. The molecule has 1 aliphatic heterocycles. The summed E-state index contributed by atoms with van der Waals surface area (Å²) in [5, 5.41) is 3.18. The van der Waals surface area contributed by atoms with Crippen molar-refractivity contribution >= 4 is 6.03 Å². The molecule has 5 nitrogen and oxygen atoms in total. The lowest BCUT2D eigenvalue weighted by molar-refractivity contribution is 0.171. The normalized spacial score (nSPS) is 13.9. The van der Waals surface area contributed by atoms with Crippen LogP contribution >= 0.6 is 0 Å². The quantitative estimate of drug-likeness (QED) is 0.821. The van der Waals surface area contributed by atoms with Crippen LogP contribution in [0.4, 0.5) is 4.79 Å². The van der Waals surface area contributed by atoms with Gasteiger partial charge in [0.15, 0.2) is 11.5 Å². The van der Waals surface area contributed by atoms with Crippen LogP contribution < -0.4 is 14.8 Å². The Hall–Kier alpha value is -2.69. The summed E-state index contributed by atoms with van der Waals surface area (Å²) in [6.45, 7) is 10.1. The Morgan fingerprint density at radius 2 is 1.79 bits per heavy atom. The summed E-state index contributed by atoms with van der Waals surface area (Å²) < 4.78 is 11.3. The average molecular weight is 383 g/mol. The third-order valence-corrected chi connectivity index (χ3v) is 5.12. The summed E-state index contributed by atoms with van der Waals surface area (Å²) in [5.41, 5.74) is 4.61. The number of rotatable bonds is 5. The molecule has 0 bridgehead atoms. The van der Waals surface area contributed by atoms with Gasteiger partial charge >= 0.3 is 6.03 Å². The molecule has 1 unspecified atom stereocenters. The first-order chi connectivity index (χ1) is 13.3. The predicted octanol–water partition coefficient (Wildman–Crippen LogP) is 4.61. The molecule has 2 aromatic rings. The largest absolute Gasteiger partial charge is 0.486 e. The SMILES string of the molecule is Cc1ccc(CN(C)C(=O)NC(c2ccc3c(c2)OCCO3)C(C)C)c(C)c1. The second-order valence-electron chi connectivity index (χ2n) is 7.86. The van der Waals surface area contributed by atoms with Gasteiger partial charge in [0.1, 0.15) is 13.2 Å². The van der Waals surface area contributed by atoms with Gasteiger partial charge in [0, 0.05) is 13.6 Å². The summed E-state index contributed by atoms with van der Waals surface area (Å²) >= 11 is 0. The molecule has 1 heterocycles. The predicted molar refractivity (Wildman–Crippen MR) is 111 cm³/mol. The molecule has 3 rings (SSSR count). The van der Waals surface area contributed by atoms with E-state index in [-0.39, 0.29) is 18.0 Å². The van der Waals surface area contributed by atoms with Gasteiger partial charge in [0.05, 0.1) is 6.04 Å². The van der Waals surface area contributed by atoms with Crippen molar-refractivity contribution < 1.29 is 14.3 Å². The highest BCUT2D eigenvalue weighted by molar-refractivity contribution is 5.74. The monoisotopic (exact) mass is 382 g/mol. The summed E-state index contributed by atoms with van der Waals surface area (Å²) in [6.07, 6.45) is 0. The summed E-state index contributed by atoms with van der Waals surface area (Å²) in [7, 11) is 1.83. The first kappa shape index (κ1) is 20.1. The Labute approximate surface area is 167 Å². The molecule has 0 aliphatic carbocycles. The molecule has 1 atom stereocenters. The standard InChI is InChI=1S/C23H30N2O3/c1-15(2)22(18-8-9-20-21(13-18)28-11-10-27-20)24-23(26)25(5)14-19-7-6-16(3)12-17(19)4/h6-9,12-13,15,22H,10-11,14H2,1-5H3,(H,24,26). The maximum atomic E-state index is 12.9. The molecular weight excluding hydrogens is 352 g/mol.